The van der Waals surface area contributed by atoms with Crippen LogP contribution >= 0.6 is 0 Å². The van der Waals surface area contributed by atoms with Crippen molar-refractivity contribution in [3.63, 3.8) is 0 Å². The fraction of sp³-hybridized carbons (Fsp3) is 0.451. The van der Waals surface area contributed by atoms with Crippen LogP contribution in [0.5, 0.6) is 11.5 Å². The number of anilines is 1. The number of hydrogen-bond donors (Lipinski definition) is 2. The molecule has 0 bridgehead atoms. The average Bonchev–Trinajstić information content (AvgIpc) is 3.89. The average molecular weight is 920 g/mol. The number of benzene rings is 3. The van der Waals surface area contributed by atoms with E-state index in [2.05, 4.69) is 34.6 Å². The van der Waals surface area contributed by atoms with Crippen LogP contribution < -0.4 is 15.8 Å². The second-order valence-electron chi connectivity index (χ2n) is 19.3. The summed E-state index contributed by atoms with van der Waals surface area (Å²) in [6.45, 7) is 6.73. The second-order valence-corrected chi connectivity index (χ2v) is 19.3. The number of para-hydroxylation sites is 1. The molecule has 5 saturated heterocycles. The van der Waals surface area contributed by atoms with Gasteiger partial charge in [-0.05, 0) is 137 Å². The van der Waals surface area contributed by atoms with Crippen molar-refractivity contribution < 1.29 is 28.7 Å². The van der Waals surface area contributed by atoms with Crippen molar-refractivity contribution in [2.45, 2.75) is 94.3 Å². The molecule has 6 amide bonds. The Kier molecular flexibility index (Phi) is 11.9. The van der Waals surface area contributed by atoms with Crippen molar-refractivity contribution in [2.75, 3.05) is 58.1 Å². The van der Waals surface area contributed by atoms with Gasteiger partial charge in [-0.15, -0.1) is 0 Å². The van der Waals surface area contributed by atoms with E-state index in [1.165, 1.54) is 6.33 Å². The molecule has 2 aromatic heterocycles. The number of carbonyl (C=O) groups is 5. The summed E-state index contributed by atoms with van der Waals surface area (Å²) in [6, 6.07) is 23.2. The van der Waals surface area contributed by atoms with Crippen molar-refractivity contribution >= 4 is 46.5 Å². The Morgan fingerprint density at radius 3 is 2.06 bits per heavy atom. The summed E-state index contributed by atoms with van der Waals surface area (Å²) < 4.78 is 8.10. The van der Waals surface area contributed by atoms with Gasteiger partial charge in [-0.2, -0.15) is 5.10 Å². The number of aromatic nitrogens is 4. The molecule has 352 valence electrons. The third kappa shape index (κ3) is 8.35. The molecule has 0 saturated carbocycles. The molecule has 5 aromatic rings. The van der Waals surface area contributed by atoms with Crippen LogP contribution in [0.3, 0.4) is 0 Å². The topological polar surface area (TPSA) is 192 Å². The first kappa shape index (κ1) is 43.8. The van der Waals surface area contributed by atoms with Crippen molar-refractivity contribution in [3.05, 3.63) is 95.8 Å². The lowest BCUT2D eigenvalue weighted by molar-refractivity contribution is -0.136. The summed E-state index contributed by atoms with van der Waals surface area (Å²) in [7, 11) is 0. The van der Waals surface area contributed by atoms with E-state index in [-0.39, 0.29) is 36.7 Å². The van der Waals surface area contributed by atoms with Gasteiger partial charge in [0.15, 0.2) is 5.65 Å². The smallest absolute Gasteiger partial charge is 0.320 e. The summed E-state index contributed by atoms with van der Waals surface area (Å²) in [5.41, 5.74) is 10.6. The molecule has 5 fully saturated rings. The quantitative estimate of drug-likeness (QED) is 0.177. The van der Waals surface area contributed by atoms with Gasteiger partial charge in [0, 0.05) is 56.8 Å². The van der Waals surface area contributed by atoms with E-state index in [0.717, 1.165) is 148 Å². The van der Waals surface area contributed by atoms with E-state index in [1.807, 2.05) is 66.7 Å². The molecule has 3 aromatic carbocycles. The lowest BCUT2D eigenvalue weighted by atomic mass is 9.86. The number of amides is 6. The van der Waals surface area contributed by atoms with E-state index in [4.69, 9.17) is 20.6 Å². The lowest BCUT2D eigenvalue weighted by Gasteiger charge is -2.45. The summed E-state index contributed by atoms with van der Waals surface area (Å²) >= 11 is 0. The van der Waals surface area contributed by atoms with Crippen LogP contribution in [-0.4, -0.2) is 144 Å². The van der Waals surface area contributed by atoms with Gasteiger partial charge < -0.3 is 25.2 Å². The number of likely N-dealkylation sites (tertiary alicyclic amines) is 4. The van der Waals surface area contributed by atoms with Crippen molar-refractivity contribution in [1.29, 1.82) is 0 Å². The van der Waals surface area contributed by atoms with E-state index in [9.17, 15) is 24.0 Å². The molecule has 8 heterocycles. The van der Waals surface area contributed by atoms with Crippen LogP contribution in [0.25, 0.3) is 22.3 Å². The van der Waals surface area contributed by atoms with Gasteiger partial charge in [0.05, 0.1) is 22.6 Å². The number of nitrogen functional groups attached to an aromatic ring is 1. The number of nitrogens with two attached hydrogens (primary N) is 1. The largest absolute Gasteiger partial charge is 0.457 e. The van der Waals surface area contributed by atoms with Gasteiger partial charge in [0.25, 0.3) is 11.8 Å². The first-order valence-electron chi connectivity index (χ1n) is 24.4. The minimum absolute atomic E-state index is 0.0939. The minimum Gasteiger partial charge on any atom is -0.457 e. The Balaban J connectivity index is 0.654. The van der Waals surface area contributed by atoms with Crippen molar-refractivity contribution in [2.24, 2.45) is 0 Å². The monoisotopic (exact) mass is 919 g/mol. The van der Waals surface area contributed by atoms with Gasteiger partial charge in [0.1, 0.15) is 35.4 Å². The molecular weight excluding hydrogens is 863 g/mol. The Morgan fingerprint density at radius 2 is 1.35 bits per heavy atom. The summed E-state index contributed by atoms with van der Waals surface area (Å²) in [5.74, 6) is 0.242. The Bertz CT molecular complexity index is 2740. The molecule has 68 heavy (non-hydrogen) atoms. The van der Waals surface area contributed by atoms with Gasteiger partial charge >= 0.3 is 6.03 Å². The van der Waals surface area contributed by atoms with Crippen LogP contribution in [0.1, 0.15) is 102 Å². The Labute approximate surface area is 394 Å². The molecule has 0 spiro atoms. The van der Waals surface area contributed by atoms with Gasteiger partial charge in [-0.3, -0.25) is 34.3 Å². The fourth-order valence-electron chi connectivity index (χ4n) is 11.7. The first-order valence-corrected chi connectivity index (χ1v) is 24.4. The molecule has 17 nitrogen and oxygen atoms in total. The molecule has 11 rings (SSSR count). The number of rotatable bonds is 8. The highest BCUT2D eigenvalue weighted by Crippen LogP contribution is 2.38. The lowest BCUT2D eigenvalue weighted by Crippen LogP contribution is -2.55. The third-order valence-corrected chi connectivity index (χ3v) is 15.4. The highest BCUT2D eigenvalue weighted by atomic mass is 16.5. The van der Waals surface area contributed by atoms with Gasteiger partial charge in [-0.25, -0.2) is 19.4 Å². The molecular formula is C51H57N11O6. The number of nitrogens with one attached hydrogen (secondary N) is 1. The SMILES string of the molecule is Nc1ncnc2c1c(-c1ccc(Oc3ccccc3)cc1)nn2[C@@H]1CCCN(C2CCN(C(=O)N3CCC(N4CCC(c5ccc6c(c5)C(=O)N(C5CCC(=O)NC5=O)C6=O)CC4)CC3)CC2)C1. The minimum atomic E-state index is -0.970. The third-order valence-electron chi connectivity index (χ3n) is 15.4. The molecule has 0 radical (unpaired) electrons. The molecule has 6 aliphatic heterocycles. The predicted octanol–water partition coefficient (Wildman–Crippen LogP) is 5.83. The maximum Gasteiger partial charge on any atom is 0.320 e. The molecule has 17 heteroatoms. The van der Waals surface area contributed by atoms with Crippen LogP contribution in [0.2, 0.25) is 0 Å². The molecule has 1 unspecified atom stereocenters. The van der Waals surface area contributed by atoms with Crippen LogP contribution in [0.15, 0.2) is 79.1 Å². The Hall–Kier alpha value is -6.72. The zero-order valence-corrected chi connectivity index (χ0v) is 38.2. The summed E-state index contributed by atoms with van der Waals surface area (Å²) in [6.07, 6.45) is 9.43. The van der Waals surface area contributed by atoms with Crippen LogP contribution in [0.4, 0.5) is 10.6 Å². The van der Waals surface area contributed by atoms with E-state index < -0.39 is 23.8 Å². The first-order chi connectivity index (χ1) is 33.2. The standard InChI is InChI=1S/C51H57N11O6/c52-46-44-45(33-8-11-39(12-9-33)68-38-6-2-1-3-7-38)56-62(47(44)54-31-53-46)37-5-4-22-60(30-37)36-20-27-59(28-21-36)51(67)58-25-18-35(19-26-58)57-23-16-32(17-24-57)34-10-13-40-41(29-34)50(66)61(49(40)65)42-14-15-43(63)55-48(42)64/h1-3,6-13,29,31-32,35-37,42H,4-5,14-28,30H2,(H2,52,53,54)(H,55,63,64)/t37-,42?/m1/s1. The predicted molar refractivity (Wildman–Crippen MR) is 253 cm³/mol. The van der Waals surface area contributed by atoms with Crippen molar-refractivity contribution in [3.8, 4) is 22.8 Å². The normalized spacial score (nSPS) is 22.8. The van der Waals surface area contributed by atoms with Crippen LogP contribution in [0, 0.1) is 0 Å². The molecule has 3 N–H and O–H groups in total. The maximum atomic E-state index is 13.9. The van der Waals surface area contributed by atoms with E-state index in [1.54, 1.807) is 6.07 Å². The van der Waals surface area contributed by atoms with Gasteiger partial charge in [-0.1, -0.05) is 24.3 Å². The highest BCUT2D eigenvalue weighted by molar-refractivity contribution is 6.23. The second kappa shape index (κ2) is 18.4. The molecule has 0 aliphatic carbocycles. The number of ether oxygens (including phenoxy) is 1. The number of nitrogens with zero attached hydrogens (tertiary/aromatic N) is 9. The van der Waals surface area contributed by atoms with Crippen molar-refractivity contribution in [1.82, 2.24) is 49.6 Å². The van der Waals surface area contributed by atoms with E-state index >= 15 is 0 Å². The van der Waals surface area contributed by atoms with E-state index in [0.29, 0.717) is 29.0 Å². The highest BCUT2D eigenvalue weighted by Gasteiger charge is 2.45. The Morgan fingerprint density at radius 1 is 0.676 bits per heavy atom. The summed E-state index contributed by atoms with van der Waals surface area (Å²) in [4.78, 5) is 84.1. The maximum absolute atomic E-state index is 13.9. The molecule has 6 aliphatic rings. The molecule has 2 atom stereocenters. The number of carbonyl (C=O) groups excluding carboxylic acids is 5. The van der Waals surface area contributed by atoms with Gasteiger partial charge in [0.2, 0.25) is 11.8 Å². The number of hydrogen-bond acceptors (Lipinski definition) is 12. The number of urea groups is 1. The number of piperidine rings is 5. The van der Waals surface area contributed by atoms with Crippen LogP contribution in [-0.2, 0) is 9.59 Å². The fourth-order valence-corrected chi connectivity index (χ4v) is 11.7. The number of fused-ring (bicyclic) bond motifs is 2. The zero-order valence-electron chi connectivity index (χ0n) is 38.2. The summed E-state index contributed by atoms with van der Waals surface area (Å²) in [5, 5.41) is 8.20. The number of imide groups is 2. The zero-order chi connectivity index (χ0) is 46.5.